The van der Waals surface area contributed by atoms with Crippen molar-refractivity contribution in [1.82, 2.24) is 5.32 Å². The molecule has 0 aromatic heterocycles. The molecule has 102 valence electrons. The third-order valence-corrected chi connectivity index (χ3v) is 3.75. The molecule has 0 spiro atoms. The second kappa shape index (κ2) is 5.61. The molecule has 1 aliphatic carbocycles. The van der Waals surface area contributed by atoms with Crippen LogP contribution in [0.15, 0.2) is 24.3 Å². The van der Waals surface area contributed by atoms with Crippen LogP contribution in [0.5, 0.6) is 0 Å². The number of carboxylic acid groups (broad SMARTS) is 1. The second-order valence-corrected chi connectivity index (χ2v) is 5.46. The summed E-state index contributed by atoms with van der Waals surface area (Å²) in [5, 5.41) is 12.4. The van der Waals surface area contributed by atoms with Gasteiger partial charge in [-0.1, -0.05) is 30.5 Å². The van der Waals surface area contributed by atoms with E-state index >= 15 is 0 Å². The maximum Gasteiger partial charge on any atom is 0.305 e. The SMILES string of the molecule is O=C(O)CC1(NC(=O)c2cccc(Cl)c2)CCCC1. The molecule has 1 fully saturated rings. The molecule has 0 heterocycles. The lowest BCUT2D eigenvalue weighted by molar-refractivity contribution is -0.138. The number of carboxylic acids is 1. The van der Waals surface area contributed by atoms with E-state index in [2.05, 4.69) is 5.32 Å². The Labute approximate surface area is 116 Å². The summed E-state index contributed by atoms with van der Waals surface area (Å²) in [7, 11) is 0. The average Bonchev–Trinajstić information content (AvgIpc) is 2.76. The van der Waals surface area contributed by atoms with E-state index in [0.717, 1.165) is 12.8 Å². The summed E-state index contributed by atoms with van der Waals surface area (Å²) in [5.74, 6) is -1.14. The first-order valence-corrected chi connectivity index (χ1v) is 6.68. The maximum absolute atomic E-state index is 12.2. The van der Waals surface area contributed by atoms with Gasteiger partial charge in [0, 0.05) is 10.6 Å². The molecule has 2 N–H and O–H groups in total. The van der Waals surface area contributed by atoms with Gasteiger partial charge in [-0.2, -0.15) is 0 Å². The molecule has 19 heavy (non-hydrogen) atoms. The number of nitrogens with one attached hydrogen (secondary N) is 1. The fourth-order valence-corrected chi connectivity index (χ4v) is 2.82. The van der Waals surface area contributed by atoms with Crippen molar-refractivity contribution >= 4 is 23.5 Å². The highest BCUT2D eigenvalue weighted by atomic mass is 35.5. The minimum absolute atomic E-state index is 0.0285. The molecule has 5 heteroatoms. The Morgan fingerprint density at radius 2 is 2.00 bits per heavy atom. The van der Waals surface area contributed by atoms with Crippen molar-refractivity contribution in [2.75, 3.05) is 0 Å². The molecule has 0 atom stereocenters. The van der Waals surface area contributed by atoms with Crippen LogP contribution in [0.25, 0.3) is 0 Å². The molecule has 1 amide bonds. The molecular formula is C14H16ClNO3. The van der Waals surface area contributed by atoms with E-state index in [0.29, 0.717) is 23.4 Å². The van der Waals surface area contributed by atoms with Gasteiger partial charge in [0.2, 0.25) is 0 Å². The van der Waals surface area contributed by atoms with Gasteiger partial charge in [0.05, 0.1) is 12.0 Å². The smallest absolute Gasteiger partial charge is 0.305 e. The summed E-state index contributed by atoms with van der Waals surface area (Å²) in [6.45, 7) is 0. The molecule has 0 aliphatic heterocycles. The van der Waals surface area contributed by atoms with Gasteiger partial charge >= 0.3 is 5.97 Å². The average molecular weight is 282 g/mol. The fourth-order valence-electron chi connectivity index (χ4n) is 2.63. The van der Waals surface area contributed by atoms with Gasteiger partial charge in [0.15, 0.2) is 0 Å². The van der Waals surface area contributed by atoms with Crippen molar-refractivity contribution in [1.29, 1.82) is 0 Å². The molecule has 0 saturated heterocycles. The van der Waals surface area contributed by atoms with Crippen molar-refractivity contribution in [3.05, 3.63) is 34.9 Å². The first-order chi connectivity index (χ1) is 9.01. The Balaban J connectivity index is 2.13. The zero-order valence-corrected chi connectivity index (χ0v) is 11.2. The van der Waals surface area contributed by atoms with E-state index in [1.54, 1.807) is 24.3 Å². The lowest BCUT2D eigenvalue weighted by Gasteiger charge is -2.28. The molecule has 1 aromatic rings. The lowest BCUT2D eigenvalue weighted by Crippen LogP contribution is -2.47. The third-order valence-electron chi connectivity index (χ3n) is 3.52. The topological polar surface area (TPSA) is 66.4 Å². The number of amides is 1. The molecule has 0 bridgehead atoms. The number of carbonyl (C=O) groups is 2. The number of rotatable bonds is 4. The molecular weight excluding hydrogens is 266 g/mol. The molecule has 4 nitrogen and oxygen atoms in total. The van der Waals surface area contributed by atoms with Gasteiger partial charge in [0.1, 0.15) is 0 Å². The van der Waals surface area contributed by atoms with Crippen LogP contribution >= 0.6 is 11.6 Å². The summed E-state index contributed by atoms with van der Waals surface area (Å²) in [4.78, 5) is 23.1. The van der Waals surface area contributed by atoms with Crippen LogP contribution in [-0.2, 0) is 4.79 Å². The van der Waals surface area contributed by atoms with Gasteiger partial charge in [-0.25, -0.2) is 0 Å². The number of hydrogen-bond acceptors (Lipinski definition) is 2. The normalized spacial score (nSPS) is 17.1. The van der Waals surface area contributed by atoms with Crippen LogP contribution in [-0.4, -0.2) is 22.5 Å². The quantitative estimate of drug-likeness (QED) is 0.892. The largest absolute Gasteiger partial charge is 0.481 e. The van der Waals surface area contributed by atoms with Crippen molar-refractivity contribution < 1.29 is 14.7 Å². The molecule has 1 aromatic carbocycles. The molecule has 2 rings (SSSR count). The van der Waals surface area contributed by atoms with Crippen LogP contribution < -0.4 is 5.32 Å². The molecule has 1 saturated carbocycles. The van der Waals surface area contributed by atoms with Crippen LogP contribution in [0, 0.1) is 0 Å². The van der Waals surface area contributed by atoms with Gasteiger partial charge in [0.25, 0.3) is 5.91 Å². The Morgan fingerprint density at radius 1 is 1.32 bits per heavy atom. The number of halogens is 1. The van der Waals surface area contributed by atoms with E-state index in [-0.39, 0.29) is 12.3 Å². The third kappa shape index (κ3) is 3.47. The van der Waals surface area contributed by atoms with Gasteiger partial charge < -0.3 is 10.4 Å². The predicted molar refractivity (Wildman–Crippen MR) is 72.4 cm³/mol. The van der Waals surface area contributed by atoms with Crippen LogP contribution in [0.2, 0.25) is 5.02 Å². The van der Waals surface area contributed by atoms with Crippen molar-refractivity contribution in [3.8, 4) is 0 Å². The summed E-state index contributed by atoms with van der Waals surface area (Å²) in [6.07, 6.45) is 3.29. The van der Waals surface area contributed by atoms with E-state index in [4.69, 9.17) is 16.7 Å². The zero-order valence-electron chi connectivity index (χ0n) is 10.5. The second-order valence-electron chi connectivity index (χ2n) is 5.02. The van der Waals surface area contributed by atoms with Gasteiger partial charge in [-0.3, -0.25) is 9.59 Å². The summed E-state index contributed by atoms with van der Waals surface area (Å²) in [6, 6.07) is 6.65. The van der Waals surface area contributed by atoms with Crippen LogP contribution in [0.1, 0.15) is 42.5 Å². The molecule has 0 radical (unpaired) electrons. The van der Waals surface area contributed by atoms with Gasteiger partial charge in [-0.15, -0.1) is 0 Å². The lowest BCUT2D eigenvalue weighted by atomic mass is 9.92. The fraction of sp³-hybridized carbons (Fsp3) is 0.429. The summed E-state index contributed by atoms with van der Waals surface area (Å²) < 4.78 is 0. The molecule has 0 unspecified atom stereocenters. The highest BCUT2D eigenvalue weighted by Crippen LogP contribution is 2.33. The number of aliphatic carboxylic acids is 1. The standard InChI is InChI=1S/C14H16ClNO3/c15-11-5-3-4-10(8-11)13(19)16-14(9-12(17)18)6-1-2-7-14/h3-5,8H,1-2,6-7,9H2,(H,16,19)(H,17,18). The van der Waals surface area contributed by atoms with Crippen LogP contribution in [0.3, 0.4) is 0 Å². The first-order valence-electron chi connectivity index (χ1n) is 6.31. The Kier molecular flexibility index (Phi) is 4.10. The van der Waals surface area contributed by atoms with Crippen molar-refractivity contribution in [3.63, 3.8) is 0 Å². The Hall–Kier alpha value is -1.55. The minimum Gasteiger partial charge on any atom is -0.481 e. The van der Waals surface area contributed by atoms with Gasteiger partial charge in [-0.05, 0) is 31.0 Å². The Bertz CT molecular complexity index is 495. The summed E-state index contributed by atoms with van der Waals surface area (Å²) in [5.41, 5.74) is -0.144. The van der Waals surface area contributed by atoms with E-state index in [1.807, 2.05) is 0 Å². The van der Waals surface area contributed by atoms with Crippen molar-refractivity contribution in [2.24, 2.45) is 0 Å². The number of hydrogen-bond donors (Lipinski definition) is 2. The monoisotopic (exact) mass is 281 g/mol. The first kappa shape index (κ1) is 13.9. The van der Waals surface area contributed by atoms with Crippen molar-refractivity contribution in [2.45, 2.75) is 37.6 Å². The van der Waals surface area contributed by atoms with E-state index in [9.17, 15) is 9.59 Å². The zero-order chi connectivity index (χ0) is 13.9. The predicted octanol–water partition coefficient (Wildman–Crippen LogP) is 2.86. The minimum atomic E-state index is -0.881. The van der Waals surface area contributed by atoms with E-state index < -0.39 is 11.5 Å². The Morgan fingerprint density at radius 3 is 2.58 bits per heavy atom. The maximum atomic E-state index is 12.2. The highest BCUT2D eigenvalue weighted by molar-refractivity contribution is 6.30. The molecule has 1 aliphatic rings. The van der Waals surface area contributed by atoms with Crippen LogP contribution in [0.4, 0.5) is 0 Å². The highest BCUT2D eigenvalue weighted by Gasteiger charge is 2.37. The van der Waals surface area contributed by atoms with E-state index in [1.165, 1.54) is 0 Å². The number of carbonyl (C=O) groups excluding carboxylic acids is 1. The summed E-state index contributed by atoms with van der Waals surface area (Å²) >= 11 is 5.85. The number of benzene rings is 1.